The van der Waals surface area contributed by atoms with E-state index in [9.17, 15) is 14.3 Å². The van der Waals surface area contributed by atoms with Crippen molar-refractivity contribution in [3.05, 3.63) is 57.8 Å². The van der Waals surface area contributed by atoms with Crippen LogP contribution in [0.4, 0.5) is 4.39 Å². The Bertz CT molecular complexity index is 653. The Hall–Kier alpha value is -1.62. The molecular formula is C14H9Cl2FO3. The van der Waals surface area contributed by atoms with Gasteiger partial charge in [0.2, 0.25) is 0 Å². The van der Waals surface area contributed by atoms with E-state index in [2.05, 4.69) is 0 Å². The normalized spacial score (nSPS) is 12.2. The quantitative estimate of drug-likeness (QED) is 0.902. The van der Waals surface area contributed by atoms with Gasteiger partial charge in [-0.1, -0.05) is 23.2 Å². The molecule has 2 rings (SSSR count). The number of halogens is 3. The minimum absolute atomic E-state index is 0.0522. The molecule has 2 N–H and O–H groups in total. The molecule has 20 heavy (non-hydrogen) atoms. The summed E-state index contributed by atoms with van der Waals surface area (Å²) in [5, 5.41) is 19.0. The number of rotatable bonds is 3. The predicted octanol–water partition coefficient (Wildman–Crippen LogP) is 3.92. The van der Waals surface area contributed by atoms with Gasteiger partial charge in [-0.2, -0.15) is 0 Å². The average molecular weight is 315 g/mol. The molecule has 0 aromatic heterocycles. The van der Waals surface area contributed by atoms with Gasteiger partial charge in [0.25, 0.3) is 0 Å². The van der Waals surface area contributed by atoms with Crippen molar-refractivity contribution in [3.8, 4) is 11.1 Å². The summed E-state index contributed by atoms with van der Waals surface area (Å²) in [6, 6.07) is 8.22. The minimum atomic E-state index is -1.79. The Morgan fingerprint density at radius 1 is 1.00 bits per heavy atom. The van der Waals surface area contributed by atoms with Crippen LogP contribution in [-0.2, 0) is 4.79 Å². The number of aliphatic carboxylic acids is 1. The molecule has 0 aliphatic heterocycles. The van der Waals surface area contributed by atoms with E-state index in [1.807, 2.05) is 0 Å². The molecule has 0 amide bonds. The molecule has 0 radical (unpaired) electrons. The van der Waals surface area contributed by atoms with Crippen LogP contribution in [0.5, 0.6) is 0 Å². The number of carbonyl (C=O) groups is 1. The molecule has 0 saturated carbocycles. The largest absolute Gasteiger partial charge is 0.479 e. The molecule has 0 aliphatic carbocycles. The van der Waals surface area contributed by atoms with E-state index in [-0.39, 0.29) is 5.56 Å². The van der Waals surface area contributed by atoms with Crippen molar-refractivity contribution < 1.29 is 19.4 Å². The highest BCUT2D eigenvalue weighted by molar-refractivity contribution is 6.35. The van der Waals surface area contributed by atoms with Crippen molar-refractivity contribution in [1.29, 1.82) is 0 Å². The fourth-order valence-electron chi connectivity index (χ4n) is 1.80. The molecule has 0 fully saturated rings. The molecule has 3 nitrogen and oxygen atoms in total. The molecular weight excluding hydrogens is 306 g/mol. The van der Waals surface area contributed by atoms with Crippen molar-refractivity contribution in [2.75, 3.05) is 0 Å². The van der Waals surface area contributed by atoms with Gasteiger partial charge >= 0.3 is 5.97 Å². The Labute approximate surface area is 124 Å². The zero-order valence-electron chi connectivity index (χ0n) is 9.98. The van der Waals surface area contributed by atoms with Crippen molar-refractivity contribution in [2.45, 2.75) is 6.10 Å². The van der Waals surface area contributed by atoms with Crippen LogP contribution in [0.1, 0.15) is 11.7 Å². The number of hydrogen-bond acceptors (Lipinski definition) is 2. The van der Waals surface area contributed by atoms with E-state index < -0.39 is 17.9 Å². The molecule has 2 aromatic carbocycles. The first-order chi connectivity index (χ1) is 9.36. The predicted molar refractivity (Wildman–Crippen MR) is 74.5 cm³/mol. The van der Waals surface area contributed by atoms with E-state index in [0.29, 0.717) is 21.2 Å². The summed E-state index contributed by atoms with van der Waals surface area (Å²) in [5.41, 5.74) is 0.856. The smallest absolute Gasteiger partial charge is 0.337 e. The number of benzene rings is 2. The average Bonchev–Trinajstić information content (AvgIpc) is 2.35. The van der Waals surface area contributed by atoms with Crippen LogP contribution >= 0.6 is 23.2 Å². The van der Waals surface area contributed by atoms with E-state index >= 15 is 0 Å². The summed E-state index contributed by atoms with van der Waals surface area (Å²) in [4.78, 5) is 10.8. The summed E-state index contributed by atoms with van der Waals surface area (Å²) < 4.78 is 13.6. The standard InChI is InChI=1S/C14H9Cl2FO3/c15-10-2-8(3-11(16)6-10)7-1-9(5-12(17)4-7)13(18)14(19)20/h1-6,13,18H,(H,19,20). The lowest BCUT2D eigenvalue weighted by atomic mass is 10.0. The highest BCUT2D eigenvalue weighted by Crippen LogP contribution is 2.29. The van der Waals surface area contributed by atoms with Gasteiger partial charge in [-0.3, -0.25) is 0 Å². The first kappa shape index (κ1) is 14.8. The SMILES string of the molecule is O=C(O)C(O)c1cc(F)cc(-c2cc(Cl)cc(Cl)c2)c1. The summed E-state index contributed by atoms with van der Waals surface area (Å²) in [6.07, 6.45) is -1.79. The fourth-order valence-corrected chi connectivity index (χ4v) is 2.33. The molecule has 0 spiro atoms. The lowest BCUT2D eigenvalue weighted by molar-refractivity contribution is -0.146. The summed E-state index contributed by atoms with van der Waals surface area (Å²) in [5.74, 6) is -2.11. The molecule has 1 unspecified atom stereocenters. The van der Waals surface area contributed by atoms with Gasteiger partial charge in [0.05, 0.1) is 0 Å². The Morgan fingerprint density at radius 2 is 1.55 bits per heavy atom. The number of aliphatic hydroxyl groups is 1. The second kappa shape index (κ2) is 5.79. The third kappa shape index (κ3) is 3.28. The summed E-state index contributed by atoms with van der Waals surface area (Å²) in [6.45, 7) is 0. The van der Waals surface area contributed by atoms with Crippen molar-refractivity contribution in [3.63, 3.8) is 0 Å². The molecule has 104 valence electrons. The first-order valence-corrected chi connectivity index (χ1v) is 6.30. The van der Waals surface area contributed by atoms with Crippen LogP contribution in [0.15, 0.2) is 36.4 Å². The second-order valence-corrected chi connectivity index (χ2v) is 5.05. The van der Waals surface area contributed by atoms with Gasteiger partial charge < -0.3 is 10.2 Å². The molecule has 0 bridgehead atoms. The first-order valence-electron chi connectivity index (χ1n) is 5.54. The van der Waals surface area contributed by atoms with Crippen molar-refractivity contribution in [2.24, 2.45) is 0 Å². The number of hydrogen-bond donors (Lipinski definition) is 2. The fraction of sp³-hybridized carbons (Fsp3) is 0.0714. The Morgan fingerprint density at radius 3 is 2.10 bits per heavy atom. The number of aliphatic hydroxyl groups excluding tert-OH is 1. The minimum Gasteiger partial charge on any atom is -0.479 e. The third-order valence-corrected chi connectivity index (χ3v) is 3.10. The highest BCUT2D eigenvalue weighted by atomic mass is 35.5. The third-order valence-electron chi connectivity index (χ3n) is 2.67. The highest BCUT2D eigenvalue weighted by Gasteiger charge is 2.18. The zero-order chi connectivity index (χ0) is 14.9. The van der Waals surface area contributed by atoms with Gasteiger partial charge in [-0.25, -0.2) is 9.18 Å². The molecule has 6 heteroatoms. The van der Waals surface area contributed by atoms with Gasteiger partial charge in [-0.05, 0) is 53.1 Å². The molecule has 0 heterocycles. The van der Waals surface area contributed by atoms with E-state index in [4.69, 9.17) is 28.3 Å². The van der Waals surface area contributed by atoms with Crippen molar-refractivity contribution in [1.82, 2.24) is 0 Å². The van der Waals surface area contributed by atoms with Gasteiger partial charge in [-0.15, -0.1) is 0 Å². The van der Waals surface area contributed by atoms with Gasteiger partial charge in [0.15, 0.2) is 6.10 Å². The zero-order valence-corrected chi connectivity index (χ0v) is 11.5. The van der Waals surface area contributed by atoms with Crippen LogP contribution in [-0.4, -0.2) is 16.2 Å². The molecule has 0 aliphatic rings. The maximum Gasteiger partial charge on any atom is 0.337 e. The molecule has 2 aromatic rings. The lowest BCUT2D eigenvalue weighted by Gasteiger charge is -2.10. The maximum absolute atomic E-state index is 13.6. The Balaban J connectivity index is 2.54. The van der Waals surface area contributed by atoms with Crippen LogP contribution < -0.4 is 0 Å². The number of carboxylic acid groups (broad SMARTS) is 1. The van der Waals surface area contributed by atoms with Crippen LogP contribution in [0.3, 0.4) is 0 Å². The Kier molecular flexibility index (Phi) is 4.28. The lowest BCUT2D eigenvalue weighted by Crippen LogP contribution is -2.10. The van der Waals surface area contributed by atoms with Crippen molar-refractivity contribution >= 4 is 29.2 Å². The maximum atomic E-state index is 13.6. The topological polar surface area (TPSA) is 57.5 Å². The number of carboxylic acids is 1. The van der Waals surface area contributed by atoms with Gasteiger partial charge in [0, 0.05) is 10.0 Å². The molecule has 1 atom stereocenters. The van der Waals surface area contributed by atoms with Crippen LogP contribution in [0.2, 0.25) is 10.0 Å². The van der Waals surface area contributed by atoms with Crippen LogP contribution in [0.25, 0.3) is 11.1 Å². The van der Waals surface area contributed by atoms with Crippen LogP contribution in [0, 0.1) is 5.82 Å². The summed E-state index contributed by atoms with van der Waals surface area (Å²) >= 11 is 11.7. The monoisotopic (exact) mass is 314 g/mol. The molecule has 0 saturated heterocycles. The van der Waals surface area contributed by atoms with E-state index in [1.54, 1.807) is 12.1 Å². The second-order valence-electron chi connectivity index (χ2n) is 4.17. The van der Waals surface area contributed by atoms with E-state index in [0.717, 1.165) is 6.07 Å². The summed E-state index contributed by atoms with van der Waals surface area (Å²) in [7, 11) is 0. The van der Waals surface area contributed by atoms with Gasteiger partial charge in [0.1, 0.15) is 5.82 Å². The van der Waals surface area contributed by atoms with E-state index in [1.165, 1.54) is 18.2 Å².